The first-order chi connectivity index (χ1) is 9.77. The van der Waals surface area contributed by atoms with Crippen LogP contribution in [-0.4, -0.2) is 29.0 Å². The highest BCUT2D eigenvalue weighted by Crippen LogP contribution is 2.23. The summed E-state index contributed by atoms with van der Waals surface area (Å²) < 4.78 is 5.44. The van der Waals surface area contributed by atoms with E-state index in [4.69, 9.17) is 4.74 Å². The molecule has 0 spiro atoms. The normalized spacial score (nSPS) is 18.1. The summed E-state index contributed by atoms with van der Waals surface area (Å²) in [6.45, 7) is 4.80. The minimum atomic E-state index is 0.170. The summed E-state index contributed by atoms with van der Waals surface area (Å²) in [6, 6.07) is 10.3. The number of H-pyrrole nitrogens is 1. The number of rotatable bonds is 4. The van der Waals surface area contributed by atoms with Crippen molar-refractivity contribution in [2.24, 2.45) is 0 Å². The average molecular weight is 271 g/mol. The summed E-state index contributed by atoms with van der Waals surface area (Å²) in [5.41, 5.74) is 3.67. The minimum Gasteiger partial charge on any atom is -0.381 e. The highest BCUT2D eigenvalue weighted by molar-refractivity contribution is 5.62. The van der Waals surface area contributed by atoms with E-state index >= 15 is 0 Å². The average Bonchev–Trinajstić information content (AvgIpc) is 2.95. The Bertz CT molecular complexity index is 544. The summed E-state index contributed by atoms with van der Waals surface area (Å²) in [4.78, 5) is 0. The molecule has 2 heterocycles. The van der Waals surface area contributed by atoms with Gasteiger partial charge < -0.3 is 10.1 Å². The zero-order chi connectivity index (χ0) is 13.8. The monoisotopic (exact) mass is 271 g/mol. The molecule has 0 bridgehead atoms. The molecule has 0 radical (unpaired) electrons. The third-order valence-electron chi connectivity index (χ3n) is 4.08. The smallest absolute Gasteiger partial charge is 0.0695 e. The molecule has 0 unspecified atom stereocenters. The fourth-order valence-electron chi connectivity index (χ4n) is 2.61. The lowest BCUT2D eigenvalue weighted by Gasteiger charge is -2.34. The maximum absolute atomic E-state index is 5.44. The molecule has 1 aromatic carbocycles. The highest BCUT2D eigenvalue weighted by atomic mass is 16.5. The van der Waals surface area contributed by atoms with Gasteiger partial charge in [0.1, 0.15) is 0 Å². The molecule has 0 atom stereocenters. The van der Waals surface area contributed by atoms with E-state index in [2.05, 4.69) is 34.6 Å². The lowest BCUT2D eigenvalue weighted by Crippen LogP contribution is -2.46. The summed E-state index contributed by atoms with van der Waals surface area (Å²) in [5, 5.41) is 11.0. The Kier molecular flexibility index (Phi) is 3.85. The second kappa shape index (κ2) is 5.77. The molecule has 4 heteroatoms. The molecule has 1 aliphatic heterocycles. The van der Waals surface area contributed by atoms with Gasteiger partial charge in [0.2, 0.25) is 0 Å². The van der Waals surface area contributed by atoms with E-state index in [9.17, 15) is 0 Å². The van der Waals surface area contributed by atoms with Crippen molar-refractivity contribution in [3.8, 4) is 11.3 Å². The number of ether oxygens (including phenoxy) is 1. The first kappa shape index (κ1) is 13.3. The van der Waals surface area contributed by atoms with Crippen LogP contribution in [-0.2, 0) is 11.3 Å². The van der Waals surface area contributed by atoms with Crippen LogP contribution < -0.4 is 5.32 Å². The first-order valence-electron chi connectivity index (χ1n) is 7.17. The lowest BCUT2D eigenvalue weighted by molar-refractivity contribution is 0.0446. The van der Waals surface area contributed by atoms with E-state index in [-0.39, 0.29) is 5.54 Å². The van der Waals surface area contributed by atoms with Crippen molar-refractivity contribution >= 4 is 0 Å². The maximum Gasteiger partial charge on any atom is 0.0695 e. The Labute approximate surface area is 119 Å². The fourth-order valence-corrected chi connectivity index (χ4v) is 2.61. The van der Waals surface area contributed by atoms with Gasteiger partial charge in [0.25, 0.3) is 0 Å². The Morgan fingerprint density at radius 3 is 2.75 bits per heavy atom. The van der Waals surface area contributed by atoms with Crippen molar-refractivity contribution in [2.45, 2.75) is 31.8 Å². The molecule has 1 saturated heterocycles. The number of hydrogen-bond donors (Lipinski definition) is 2. The van der Waals surface area contributed by atoms with Crippen LogP contribution in [0.25, 0.3) is 11.3 Å². The van der Waals surface area contributed by atoms with Crippen molar-refractivity contribution in [1.82, 2.24) is 15.5 Å². The molecule has 20 heavy (non-hydrogen) atoms. The number of benzene rings is 1. The van der Waals surface area contributed by atoms with Crippen LogP contribution >= 0.6 is 0 Å². The van der Waals surface area contributed by atoms with Gasteiger partial charge >= 0.3 is 0 Å². The standard InChI is InChI=1S/C16H21N3O/c1-16(7-9-20-10-8-16)17-11-14-12-18-19-15(14)13-5-3-2-4-6-13/h2-6,12,17H,7-11H2,1H3,(H,18,19). The fraction of sp³-hybridized carbons (Fsp3) is 0.438. The van der Waals surface area contributed by atoms with Gasteiger partial charge in [-0.25, -0.2) is 0 Å². The van der Waals surface area contributed by atoms with Crippen molar-refractivity contribution in [3.63, 3.8) is 0 Å². The second-order valence-corrected chi connectivity index (χ2v) is 5.66. The molecule has 1 aromatic heterocycles. The van der Waals surface area contributed by atoms with Gasteiger partial charge in [-0.2, -0.15) is 5.10 Å². The van der Waals surface area contributed by atoms with Gasteiger partial charge in [0, 0.05) is 30.9 Å². The molecule has 1 aliphatic rings. The Morgan fingerprint density at radius 1 is 1.25 bits per heavy atom. The molecule has 0 aliphatic carbocycles. The largest absolute Gasteiger partial charge is 0.381 e. The topological polar surface area (TPSA) is 49.9 Å². The molecule has 0 amide bonds. The predicted molar refractivity (Wildman–Crippen MR) is 79.3 cm³/mol. The molecule has 4 nitrogen and oxygen atoms in total. The summed E-state index contributed by atoms with van der Waals surface area (Å²) in [5.74, 6) is 0. The Hall–Kier alpha value is -1.65. The summed E-state index contributed by atoms with van der Waals surface area (Å²) in [6.07, 6.45) is 4.04. The summed E-state index contributed by atoms with van der Waals surface area (Å²) >= 11 is 0. The van der Waals surface area contributed by atoms with Crippen molar-refractivity contribution in [1.29, 1.82) is 0 Å². The van der Waals surface area contributed by atoms with Crippen LogP contribution in [0, 0.1) is 0 Å². The Morgan fingerprint density at radius 2 is 2.00 bits per heavy atom. The van der Waals surface area contributed by atoms with Gasteiger partial charge in [-0.3, -0.25) is 5.10 Å². The van der Waals surface area contributed by atoms with Gasteiger partial charge in [0.15, 0.2) is 0 Å². The van der Waals surface area contributed by atoms with E-state index in [1.54, 1.807) is 0 Å². The molecule has 2 aromatic rings. The molecule has 1 fully saturated rings. The van der Waals surface area contributed by atoms with Crippen LogP contribution in [0.2, 0.25) is 0 Å². The molecule has 0 saturated carbocycles. The van der Waals surface area contributed by atoms with Crippen LogP contribution in [0.4, 0.5) is 0 Å². The van der Waals surface area contributed by atoms with Crippen molar-refractivity contribution in [2.75, 3.05) is 13.2 Å². The molecular formula is C16H21N3O. The molecular weight excluding hydrogens is 250 g/mol. The Balaban J connectivity index is 1.71. The van der Waals surface area contributed by atoms with Gasteiger partial charge in [-0.05, 0) is 25.3 Å². The third kappa shape index (κ3) is 2.92. The molecule has 3 rings (SSSR count). The number of aromatic amines is 1. The number of nitrogens with zero attached hydrogens (tertiary/aromatic N) is 1. The van der Waals surface area contributed by atoms with Gasteiger partial charge in [0.05, 0.1) is 11.9 Å². The van der Waals surface area contributed by atoms with Crippen molar-refractivity contribution in [3.05, 3.63) is 42.1 Å². The van der Waals surface area contributed by atoms with Crippen LogP contribution in [0.15, 0.2) is 36.5 Å². The van der Waals surface area contributed by atoms with Gasteiger partial charge in [-0.15, -0.1) is 0 Å². The number of hydrogen-bond acceptors (Lipinski definition) is 3. The van der Waals surface area contributed by atoms with Gasteiger partial charge in [-0.1, -0.05) is 30.3 Å². The van der Waals surface area contributed by atoms with E-state index in [0.29, 0.717) is 0 Å². The quantitative estimate of drug-likeness (QED) is 0.899. The molecule has 106 valence electrons. The van der Waals surface area contributed by atoms with Crippen LogP contribution in [0.1, 0.15) is 25.3 Å². The van der Waals surface area contributed by atoms with Crippen molar-refractivity contribution < 1.29 is 4.74 Å². The zero-order valence-electron chi connectivity index (χ0n) is 11.9. The van der Waals surface area contributed by atoms with E-state index in [0.717, 1.165) is 38.3 Å². The number of aromatic nitrogens is 2. The lowest BCUT2D eigenvalue weighted by atomic mass is 9.92. The third-order valence-corrected chi connectivity index (χ3v) is 4.08. The summed E-state index contributed by atoms with van der Waals surface area (Å²) in [7, 11) is 0. The van der Waals surface area contributed by atoms with E-state index < -0.39 is 0 Å². The molecule has 2 N–H and O–H groups in total. The highest BCUT2D eigenvalue weighted by Gasteiger charge is 2.26. The SMILES string of the molecule is CC1(NCc2cn[nH]c2-c2ccccc2)CCOCC1. The predicted octanol–water partition coefficient (Wildman–Crippen LogP) is 2.74. The van der Waals surface area contributed by atoms with E-state index in [1.165, 1.54) is 11.1 Å². The number of nitrogens with one attached hydrogen (secondary N) is 2. The second-order valence-electron chi connectivity index (χ2n) is 5.66. The minimum absolute atomic E-state index is 0.170. The zero-order valence-corrected chi connectivity index (χ0v) is 11.9. The van der Waals surface area contributed by atoms with Crippen LogP contribution in [0.3, 0.4) is 0 Å². The van der Waals surface area contributed by atoms with Crippen LogP contribution in [0.5, 0.6) is 0 Å². The first-order valence-corrected chi connectivity index (χ1v) is 7.17. The van der Waals surface area contributed by atoms with E-state index in [1.807, 2.05) is 24.4 Å². The maximum atomic E-state index is 5.44.